The van der Waals surface area contributed by atoms with Crippen LogP contribution >= 0.6 is 22.6 Å². The molecule has 0 spiro atoms. The van der Waals surface area contributed by atoms with Gasteiger partial charge in [-0.1, -0.05) is 6.58 Å². The third-order valence-electron chi connectivity index (χ3n) is 1.32. The van der Waals surface area contributed by atoms with E-state index < -0.39 is 18.4 Å². The van der Waals surface area contributed by atoms with Crippen LogP contribution in [0.3, 0.4) is 0 Å². The van der Waals surface area contributed by atoms with Crippen molar-refractivity contribution in [2.24, 2.45) is 0 Å². The van der Waals surface area contributed by atoms with Crippen molar-refractivity contribution in [3.8, 4) is 0 Å². The van der Waals surface area contributed by atoms with Gasteiger partial charge >= 0.3 is 6.18 Å². The van der Waals surface area contributed by atoms with Crippen molar-refractivity contribution >= 4 is 22.6 Å². The Morgan fingerprint density at radius 3 is 2.21 bits per heavy atom. The fourth-order valence-corrected chi connectivity index (χ4v) is 1.47. The summed E-state index contributed by atoms with van der Waals surface area (Å²) in [6.45, 7) is 3.52. The Balaban J connectivity index is 4.67. The minimum atomic E-state index is -4.33. The van der Waals surface area contributed by atoms with Crippen molar-refractivity contribution in [2.75, 3.05) is 6.67 Å². The van der Waals surface area contributed by atoms with E-state index in [0.29, 0.717) is 3.58 Å². The number of allylic oxidation sites excluding steroid dienone is 5. The molecule has 0 aromatic carbocycles. The lowest BCUT2D eigenvalue weighted by Crippen LogP contribution is -2.08. The molecule has 0 aromatic rings. The van der Waals surface area contributed by atoms with Gasteiger partial charge in [-0.2, -0.15) is 13.2 Å². The molecule has 14 heavy (non-hydrogen) atoms. The van der Waals surface area contributed by atoms with Gasteiger partial charge in [0.15, 0.2) is 0 Å². The van der Waals surface area contributed by atoms with E-state index in [2.05, 4.69) is 6.58 Å². The Bertz CT molecular complexity index is 273. The average molecular weight is 320 g/mol. The third kappa shape index (κ3) is 5.41. The van der Waals surface area contributed by atoms with Crippen molar-refractivity contribution in [1.82, 2.24) is 0 Å². The second-order valence-electron chi connectivity index (χ2n) is 2.65. The van der Waals surface area contributed by atoms with Crippen LogP contribution in [-0.4, -0.2) is 12.9 Å². The maximum absolute atomic E-state index is 12.0. The monoisotopic (exact) mass is 320 g/mol. The maximum atomic E-state index is 12.0. The zero-order valence-electron chi connectivity index (χ0n) is 7.46. The summed E-state index contributed by atoms with van der Waals surface area (Å²) < 4.78 is 48.3. The van der Waals surface area contributed by atoms with Gasteiger partial charge in [0.25, 0.3) is 0 Å². The molecule has 0 N–H and O–H groups in total. The van der Waals surface area contributed by atoms with Gasteiger partial charge in [-0.25, -0.2) is 4.39 Å². The van der Waals surface area contributed by atoms with E-state index in [1.807, 2.05) is 0 Å². The highest BCUT2D eigenvalue weighted by Gasteiger charge is 2.29. The summed E-state index contributed by atoms with van der Waals surface area (Å²) in [5.74, 6) is 0. The molecule has 0 saturated heterocycles. The average Bonchev–Trinajstić information content (AvgIpc) is 2.02. The van der Waals surface area contributed by atoms with Crippen LogP contribution in [0, 0.1) is 0 Å². The second-order valence-corrected chi connectivity index (χ2v) is 3.89. The first-order valence-corrected chi connectivity index (χ1v) is 4.71. The summed E-state index contributed by atoms with van der Waals surface area (Å²) >= 11 is 1.69. The molecule has 0 aliphatic rings. The molecule has 5 heteroatoms. The van der Waals surface area contributed by atoms with Gasteiger partial charge in [0, 0.05) is 9.15 Å². The standard InChI is InChI=1S/C9H9F4I/c1-6(5-10)3-8(14)4-7(2)9(11,12)13/h3-4H,1,5H2,2H3/b7-4+,8-3+. The predicted molar refractivity (Wildman–Crippen MR) is 57.0 cm³/mol. The molecule has 0 radical (unpaired) electrons. The van der Waals surface area contributed by atoms with Crippen LogP contribution < -0.4 is 0 Å². The molecule has 0 amide bonds. The van der Waals surface area contributed by atoms with E-state index >= 15 is 0 Å². The number of hydrogen-bond acceptors (Lipinski definition) is 0. The molecule has 0 aliphatic carbocycles. The molecule has 0 bridgehead atoms. The fraction of sp³-hybridized carbons (Fsp3) is 0.333. The Labute approximate surface area is 93.5 Å². The smallest absolute Gasteiger partial charge is 0.246 e. The van der Waals surface area contributed by atoms with Crippen molar-refractivity contribution in [2.45, 2.75) is 13.1 Å². The van der Waals surface area contributed by atoms with Crippen LogP contribution in [0.25, 0.3) is 0 Å². The molecule has 0 unspecified atom stereocenters. The summed E-state index contributed by atoms with van der Waals surface area (Å²) in [5, 5.41) is 0. The van der Waals surface area contributed by atoms with Gasteiger partial charge in [0.1, 0.15) is 6.67 Å². The first kappa shape index (κ1) is 13.7. The Morgan fingerprint density at radius 1 is 1.36 bits per heavy atom. The van der Waals surface area contributed by atoms with Crippen LogP contribution in [0.15, 0.2) is 33.5 Å². The summed E-state index contributed by atoms with van der Waals surface area (Å²) in [4.78, 5) is 0. The molecule has 80 valence electrons. The van der Waals surface area contributed by atoms with E-state index in [4.69, 9.17) is 0 Å². The quantitative estimate of drug-likeness (QED) is 0.412. The molecular formula is C9H9F4I. The molecule has 0 fully saturated rings. The highest BCUT2D eigenvalue weighted by Crippen LogP contribution is 2.27. The minimum absolute atomic E-state index is 0.153. The largest absolute Gasteiger partial charge is 0.412 e. The van der Waals surface area contributed by atoms with Gasteiger partial charge in [-0.15, -0.1) is 0 Å². The van der Waals surface area contributed by atoms with Gasteiger partial charge in [-0.05, 0) is 47.2 Å². The predicted octanol–water partition coefficient (Wildman–Crippen LogP) is 4.34. The molecule has 0 aliphatic heterocycles. The number of rotatable bonds is 3. The van der Waals surface area contributed by atoms with E-state index in [1.165, 1.54) is 6.08 Å². The lowest BCUT2D eigenvalue weighted by atomic mass is 10.2. The maximum Gasteiger partial charge on any atom is 0.412 e. The van der Waals surface area contributed by atoms with Crippen LogP contribution in [-0.2, 0) is 0 Å². The molecular weight excluding hydrogens is 311 g/mol. The van der Waals surface area contributed by atoms with Crippen LogP contribution in [0.4, 0.5) is 17.6 Å². The van der Waals surface area contributed by atoms with Gasteiger partial charge in [0.2, 0.25) is 0 Å². The molecule has 0 heterocycles. The van der Waals surface area contributed by atoms with E-state index in [9.17, 15) is 17.6 Å². The Morgan fingerprint density at radius 2 is 1.86 bits per heavy atom. The summed E-state index contributed by atoms with van der Waals surface area (Å²) in [5.41, 5.74) is -0.564. The van der Waals surface area contributed by atoms with Crippen molar-refractivity contribution in [3.05, 3.63) is 33.5 Å². The van der Waals surface area contributed by atoms with Crippen molar-refractivity contribution < 1.29 is 17.6 Å². The van der Waals surface area contributed by atoms with Gasteiger partial charge < -0.3 is 0 Å². The molecule has 0 rings (SSSR count). The van der Waals surface area contributed by atoms with Crippen molar-refractivity contribution in [1.29, 1.82) is 0 Å². The van der Waals surface area contributed by atoms with Crippen molar-refractivity contribution in [3.63, 3.8) is 0 Å². The van der Waals surface area contributed by atoms with Gasteiger partial charge in [-0.3, -0.25) is 0 Å². The zero-order valence-corrected chi connectivity index (χ0v) is 9.62. The topological polar surface area (TPSA) is 0 Å². The lowest BCUT2D eigenvalue weighted by molar-refractivity contribution is -0.0913. The van der Waals surface area contributed by atoms with Gasteiger partial charge in [0.05, 0.1) is 0 Å². The van der Waals surface area contributed by atoms with Crippen LogP contribution in [0.2, 0.25) is 0 Å². The molecule has 0 atom stereocenters. The third-order valence-corrected chi connectivity index (χ3v) is 1.94. The Hall–Kier alpha value is -0.330. The minimum Gasteiger partial charge on any atom is -0.246 e. The zero-order chi connectivity index (χ0) is 11.4. The summed E-state index contributed by atoms with van der Waals surface area (Å²) in [6, 6.07) is 0. The number of halogens is 5. The summed E-state index contributed by atoms with van der Waals surface area (Å²) in [7, 11) is 0. The number of alkyl halides is 4. The fourth-order valence-electron chi connectivity index (χ4n) is 0.564. The summed E-state index contributed by atoms with van der Waals surface area (Å²) in [6.07, 6.45) is -2.11. The second kappa shape index (κ2) is 5.53. The first-order chi connectivity index (χ1) is 6.27. The van der Waals surface area contributed by atoms with E-state index in [0.717, 1.165) is 13.0 Å². The Kier molecular flexibility index (Phi) is 5.40. The molecule has 0 saturated carbocycles. The first-order valence-electron chi connectivity index (χ1n) is 3.63. The number of hydrogen-bond donors (Lipinski definition) is 0. The molecule has 0 nitrogen and oxygen atoms in total. The highest BCUT2D eigenvalue weighted by molar-refractivity contribution is 14.1. The van der Waals surface area contributed by atoms with E-state index in [1.54, 1.807) is 22.6 Å². The van der Waals surface area contributed by atoms with Crippen LogP contribution in [0.5, 0.6) is 0 Å². The van der Waals surface area contributed by atoms with Crippen LogP contribution in [0.1, 0.15) is 6.92 Å². The highest BCUT2D eigenvalue weighted by atomic mass is 127. The molecule has 0 aromatic heterocycles. The van der Waals surface area contributed by atoms with E-state index in [-0.39, 0.29) is 5.57 Å². The SMILES string of the molecule is C=C(/C=C(I)\C=C(/C)C(F)(F)F)CF. The normalized spacial score (nSPS) is 14.4. The lowest BCUT2D eigenvalue weighted by Gasteiger charge is -2.05.